The summed E-state index contributed by atoms with van der Waals surface area (Å²) in [5.41, 5.74) is 1.05. The Morgan fingerprint density at radius 3 is 2.62 bits per heavy atom. The minimum atomic E-state index is -0.0871. The Bertz CT molecular complexity index is 623. The topological polar surface area (TPSA) is 47.0 Å². The van der Waals surface area contributed by atoms with Crippen molar-refractivity contribution in [2.24, 2.45) is 0 Å². The molecule has 2 rings (SSSR count). The maximum atomic E-state index is 5.23. The molecular weight excluding hydrogens is 330 g/mol. The summed E-state index contributed by atoms with van der Waals surface area (Å²) in [5.74, 6) is 2.48. The van der Waals surface area contributed by atoms with Crippen LogP contribution >= 0.6 is 15.9 Å². The molecule has 0 atom stereocenters. The summed E-state index contributed by atoms with van der Waals surface area (Å²) in [7, 11) is 1.67. The van der Waals surface area contributed by atoms with Gasteiger partial charge < -0.3 is 10.1 Å². The molecule has 5 heteroatoms. The molecule has 0 amide bonds. The molecule has 21 heavy (non-hydrogen) atoms. The summed E-state index contributed by atoms with van der Waals surface area (Å²) >= 11 is 3.44. The van der Waals surface area contributed by atoms with Crippen LogP contribution in [-0.4, -0.2) is 17.1 Å². The average Bonchev–Trinajstić information content (AvgIpc) is 2.44. The third kappa shape index (κ3) is 4.43. The smallest absolute Gasteiger partial charge is 0.137 e. The molecule has 0 aliphatic carbocycles. The van der Waals surface area contributed by atoms with E-state index in [0.717, 1.165) is 27.6 Å². The SMILES string of the molecule is COc1cccc(CNc2cc(Br)nc(C(C)(C)C)n2)c1. The van der Waals surface area contributed by atoms with Gasteiger partial charge in [-0.25, -0.2) is 9.97 Å². The molecule has 0 radical (unpaired) electrons. The zero-order chi connectivity index (χ0) is 15.5. The average molecular weight is 350 g/mol. The number of halogens is 1. The first-order valence-corrected chi connectivity index (χ1v) is 7.59. The van der Waals surface area contributed by atoms with E-state index in [1.807, 2.05) is 24.3 Å². The maximum Gasteiger partial charge on any atom is 0.137 e. The van der Waals surface area contributed by atoms with Gasteiger partial charge in [0.1, 0.15) is 22.0 Å². The van der Waals surface area contributed by atoms with Crippen molar-refractivity contribution in [2.75, 3.05) is 12.4 Å². The molecule has 0 aliphatic heterocycles. The lowest BCUT2D eigenvalue weighted by molar-refractivity contribution is 0.414. The van der Waals surface area contributed by atoms with Crippen molar-refractivity contribution in [1.82, 2.24) is 9.97 Å². The van der Waals surface area contributed by atoms with Gasteiger partial charge in [0.25, 0.3) is 0 Å². The zero-order valence-corrected chi connectivity index (χ0v) is 14.4. The van der Waals surface area contributed by atoms with E-state index in [-0.39, 0.29) is 5.41 Å². The van der Waals surface area contributed by atoms with Gasteiger partial charge in [-0.05, 0) is 33.6 Å². The molecule has 1 heterocycles. The van der Waals surface area contributed by atoms with Crippen molar-refractivity contribution in [3.8, 4) is 5.75 Å². The Balaban J connectivity index is 2.14. The van der Waals surface area contributed by atoms with Gasteiger partial charge in [0.05, 0.1) is 7.11 Å². The predicted octanol–water partition coefficient (Wildman–Crippen LogP) is 4.16. The van der Waals surface area contributed by atoms with Gasteiger partial charge in [-0.15, -0.1) is 0 Å². The van der Waals surface area contributed by atoms with Gasteiger partial charge >= 0.3 is 0 Å². The molecular formula is C16H20BrN3O. The summed E-state index contributed by atoms with van der Waals surface area (Å²) < 4.78 is 6.02. The Kier molecular flexibility index (Phi) is 4.83. The summed E-state index contributed by atoms with van der Waals surface area (Å²) in [6.07, 6.45) is 0. The highest BCUT2D eigenvalue weighted by Crippen LogP contribution is 2.23. The van der Waals surface area contributed by atoms with Crippen molar-refractivity contribution in [3.63, 3.8) is 0 Å². The van der Waals surface area contributed by atoms with E-state index in [0.29, 0.717) is 6.54 Å². The third-order valence-electron chi connectivity index (χ3n) is 2.97. The highest BCUT2D eigenvalue weighted by molar-refractivity contribution is 9.10. The largest absolute Gasteiger partial charge is 0.497 e. The number of hydrogen-bond donors (Lipinski definition) is 1. The number of ether oxygens (including phenoxy) is 1. The number of anilines is 1. The summed E-state index contributed by atoms with van der Waals surface area (Å²) in [6, 6.07) is 9.86. The zero-order valence-electron chi connectivity index (χ0n) is 12.8. The quantitative estimate of drug-likeness (QED) is 0.842. The third-order valence-corrected chi connectivity index (χ3v) is 3.38. The molecule has 0 saturated carbocycles. The number of methoxy groups -OCH3 is 1. The second-order valence-electron chi connectivity index (χ2n) is 5.85. The van der Waals surface area contributed by atoms with Crippen LogP contribution in [0.4, 0.5) is 5.82 Å². The van der Waals surface area contributed by atoms with Crippen LogP contribution in [0.5, 0.6) is 5.75 Å². The lowest BCUT2D eigenvalue weighted by Gasteiger charge is -2.18. The summed E-state index contributed by atoms with van der Waals surface area (Å²) in [5, 5.41) is 3.33. The van der Waals surface area contributed by atoms with Crippen molar-refractivity contribution in [2.45, 2.75) is 32.7 Å². The summed E-state index contributed by atoms with van der Waals surface area (Å²) in [4.78, 5) is 9.01. The number of nitrogens with zero attached hydrogens (tertiary/aromatic N) is 2. The predicted molar refractivity (Wildman–Crippen MR) is 88.8 cm³/mol. The highest BCUT2D eigenvalue weighted by Gasteiger charge is 2.18. The van der Waals surface area contributed by atoms with Crippen LogP contribution in [0.1, 0.15) is 32.2 Å². The van der Waals surface area contributed by atoms with Gasteiger partial charge in [-0.3, -0.25) is 0 Å². The fourth-order valence-corrected chi connectivity index (χ4v) is 2.20. The molecule has 0 fully saturated rings. The minimum Gasteiger partial charge on any atom is -0.497 e. The van der Waals surface area contributed by atoms with Crippen molar-refractivity contribution < 1.29 is 4.74 Å². The molecule has 0 unspecified atom stereocenters. The number of hydrogen-bond acceptors (Lipinski definition) is 4. The second kappa shape index (κ2) is 6.43. The van der Waals surface area contributed by atoms with Gasteiger partial charge in [-0.1, -0.05) is 32.9 Å². The first-order valence-electron chi connectivity index (χ1n) is 6.80. The maximum absolute atomic E-state index is 5.23. The van der Waals surface area contributed by atoms with Crippen molar-refractivity contribution in [1.29, 1.82) is 0 Å². The molecule has 0 aliphatic rings. The van der Waals surface area contributed by atoms with Crippen LogP contribution in [0.15, 0.2) is 34.9 Å². The van der Waals surface area contributed by atoms with Crippen molar-refractivity contribution >= 4 is 21.7 Å². The minimum absolute atomic E-state index is 0.0871. The molecule has 2 aromatic rings. The van der Waals surface area contributed by atoms with E-state index in [2.05, 4.69) is 58.1 Å². The standard InChI is InChI=1S/C16H20BrN3O/c1-16(2,3)15-19-13(17)9-14(20-15)18-10-11-6-5-7-12(8-11)21-4/h5-9H,10H2,1-4H3,(H,18,19,20). The van der Waals surface area contributed by atoms with Crippen LogP contribution in [0.2, 0.25) is 0 Å². The molecule has 0 spiro atoms. The van der Waals surface area contributed by atoms with Crippen LogP contribution < -0.4 is 10.1 Å². The van der Waals surface area contributed by atoms with E-state index < -0.39 is 0 Å². The van der Waals surface area contributed by atoms with Gasteiger partial charge in [0, 0.05) is 18.0 Å². The van der Waals surface area contributed by atoms with Gasteiger partial charge in [0.2, 0.25) is 0 Å². The van der Waals surface area contributed by atoms with Gasteiger partial charge in [-0.2, -0.15) is 0 Å². The van der Waals surface area contributed by atoms with Crippen molar-refractivity contribution in [3.05, 3.63) is 46.3 Å². The van der Waals surface area contributed by atoms with Crippen LogP contribution in [-0.2, 0) is 12.0 Å². The molecule has 0 saturated heterocycles. The number of aromatic nitrogens is 2. The molecule has 0 bridgehead atoms. The molecule has 1 aromatic heterocycles. The van der Waals surface area contributed by atoms with Crippen LogP contribution in [0.25, 0.3) is 0 Å². The van der Waals surface area contributed by atoms with E-state index in [1.54, 1.807) is 7.11 Å². The fraction of sp³-hybridized carbons (Fsp3) is 0.375. The van der Waals surface area contributed by atoms with Crippen LogP contribution in [0, 0.1) is 0 Å². The number of rotatable bonds is 4. The Morgan fingerprint density at radius 2 is 1.95 bits per heavy atom. The van der Waals surface area contributed by atoms with E-state index in [9.17, 15) is 0 Å². The fourth-order valence-electron chi connectivity index (χ4n) is 1.82. The van der Waals surface area contributed by atoms with E-state index >= 15 is 0 Å². The normalized spacial score (nSPS) is 11.3. The molecule has 112 valence electrons. The Morgan fingerprint density at radius 1 is 1.19 bits per heavy atom. The first-order chi connectivity index (χ1) is 9.88. The van der Waals surface area contributed by atoms with Gasteiger partial charge in [0.15, 0.2) is 0 Å². The summed E-state index contributed by atoms with van der Waals surface area (Å²) in [6.45, 7) is 6.98. The van der Waals surface area contributed by atoms with E-state index in [4.69, 9.17) is 4.74 Å². The van der Waals surface area contributed by atoms with E-state index in [1.165, 1.54) is 0 Å². The highest BCUT2D eigenvalue weighted by atomic mass is 79.9. The number of benzene rings is 1. The van der Waals surface area contributed by atoms with Crippen LogP contribution in [0.3, 0.4) is 0 Å². The first kappa shape index (κ1) is 15.8. The monoisotopic (exact) mass is 349 g/mol. The molecule has 4 nitrogen and oxygen atoms in total. The molecule has 1 N–H and O–H groups in total. The lowest BCUT2D eigenvalue weighted by Crippen LogP contribution is -2.17. The second-order valence-corrected chi connectivity index (χ2v) is 6.67. The number of nitrogens with one attached hydrogen (secondary N) is 1. The lowest BCUT2D eigenvalue weighted by atomic mass is 9.96. The molecule has 1 aromatic carbocycles. The Labute approximate surface area is 134 Å². The Hall–Kier alpha value is -1.62.